The van der Waals surface area contributed by atoms with Crippen molar-refractivity contribution in [2.75, 3.05) is 40.4 Å². The quantitative estimate of drug-likeness (QED) is 0.716. The smallest absolute Gasteiger partial charge is 0.0507 e. The minimum atomic E-state index is 0.621. The normalized spacial score (nSPS) is 23.2. The van der Waals surface area contributed by atoms with Crippen LogP contribution in [0.15, 0.2) is 0 Å². The highest BCUT2D eigenvalue weighted by molar-refractivity contribution is 4.75. The third-order valence-electron chi connectivity index (χ3n) is 3.06. The molecular weight excluding hydrogens is 200 g/mol. The van der Waals surface area contributed by atoms with Crippen molar-refractivity contribution in [3.8, 4) is 0 Å². The molecule has 96 valence electrons. The summed E-state index contributed by atoms with van der Waals surface area (Å²) in [6.45, 7) is 8.74. The largest absolute Gasteiger partial charge is 0.381 e. The predicted molar refractivity (Wildman–Crippen MR) is 68.7 cm³/mol. The van der Waals surface area contributed by atoms with Crippen molar-refractivity contribution in [3.63, 3.8) is 0 Å². The first kappa shape index (κ1) is 13.9. The predicted octanol–water partition coefficient (Wildman–Crippen LogP) is 1.59. The Morgan fingerprint density at radius 2 is 2.12 bits per heavy atom. The lowest BCUT2D eigenvalue weighted by Gasteiger charge is -2.25. The van der Waals surface area contributed by atoms with E-state index in [-0.39, 0.29) is 0 Å². The summed E-state index contributed by atoms with van der Waals surface area (Å²) in [5, 5.41) is 3.70. The monoisotopic (exact) mass is 228 g/mol. The fourth-order valence-corrected chi connectivity index (χ4v) is 2.31. The van der Waals surface area contributed by atoms with Gasteiger partial charge in [0.25, 0.3) is 0 Å². The summed E-state index contributed by atoms with van der Waals surface area (Å²) >= 11 is 0. The highest BCUT2D eigenvalue weighted by atomic mass is 16.5. The number of ether oxygens (including phenoxy) is 1. The van der Waals surface area contributed by atoms with Gasteiger partial charge in [-0.1, -0.05) is 13.8 Å². The number of likely N-dealkylation sites (N-methyl/N-ethyl adjacent to an activating group) is 1. The summed E-state index contributed by atoms with van der Waals surface area (Å²) in [6, 6.07) is 0.621. The Kier molecular flexibility index (Phi) is 6.32. The summed E-state index contributed by atoms with van der Waals surface area (Å²) in [7, 11) is 4.29. The number of nitrogens with one attached hydrogen (secondary N) is 1. The number of nitrogens with zero attached hydrogens (tertiary/aromatic N) is 1. The molecule has 0 aromatic carbocycles. The Bertz CT molecular complexity index is 167. The summed E-state index contributed by atoms with van der Waals surface area (Å²) in [6.07, 6.45) is 2.48. The Balaban J connectivity index is 2.24. The van der Waals surface area contributed by atoms with Crippen LogP contribution in [0, 0.1) is 11.8 Å². The van der Waals surface area contributed by atoms with Gasteiger partial charge in [0.1, 0.15) is 0 Å². The SMILES string of the molecule is CC(C)CC(CN(C)C)NCC1CCOC1. The molecule has 0 bridgehead atoms. The van der Waals surface area contributed by atoms with Gasteiger partial charge in [-0.3, -0.25) is 0 Å². The molecule has 0 spiro atoms. The molecule has 0 aromatic rings. The minimum Gasteiger partial charge on any atom is -0.381 e. The maximum atomic E-state index is 5.40. The molecule has 1 N–H and O–H groups in total. The second-order valence-electron chi connectivity index (χ2n) is 5.73. The Hall–Kier alpha value is -0.120. The van der Waals surface area contributed by atoms with E-state index in [1.165, 1.54) is 12.8 Å². The number of hydrogen-bond acceptors (Lipinski definition) is 3. The van der Waals surface area contributed by atoms with E-state index in [9.17, 15) is 0 Å². The second kappa shape index (κ2) is 7.25. The molecule has 1 saturated heterocycles. The van der Waals surface area contributed by atoms with Gasteiger partial charge >= 0.3 is 0 Å². The van der Waals surface area contributed by atoms with Crippen LogP contribution >= 0.6 is 0 Å². The van der Waals surface area contributed by atoms with Gasteiger partial charge in [0.2, 0.25) is 0 Å². The third kappa shape index (κ3) is 5.83. The van der Waals surface area contributed by atoms with Crippen molar-refractivity contribution < 1.29 is 4.74 Å². The summed E-state index contributed by atoms with van der Waals surface area (Å²) in [5.41, 5.74) is 0. The number of hydrogen-bond donors (Lipinski definition) is 1. The molecule has 1 fully saturated rings. The first-order valence-corrected chi connectivity index (χ1v) is 6.53. The standard InChI is InChI=1S/C13H28N2O/c1-11(2)7-13(9-15(3)4)14-8-12-5-6-16-10-12/h11-14H,5-10H2,1-4H3. The van der Waals surface area contributed by atoms with Crippen LogP contribution in [0.5, 0.6) is 0 Å². The van der Waals surface area contributed by atoms with Crippen LogP contribution < -0.4 is 5.32 Å². The van der Waals surface area contributed by atoms with Gasteiger partial charge in [-0.15, -0.1) is 0 Å². The zero-order valence-electron chi connectivity index (χ0n) is 11.3. The van der Waals surface area contributed by atoms with E-state index >= 15 is 0 Å². The maximum absolute atomic E-state index is 5.40. The van der Waals surface area contributed by atoms with E-state index in [2.05, 4.69) is 38.2 Å². The molecule has 16 heavy (non-hydrogen) atoms. The molecule has 2 unspecified atom stereocenters. The Morgan fingerprint density at radius 3 is 2.62 bits per heavy atom. The van der Waals surface area contributed by atoms with Crippen LogP contribution in [0.2, 0.25) is 0 Å². The molecule has 0 aromatic heterocycles. The molecular formula is C13H28N2O. The molecule has 3 nitrogen and oxygen atoms in total. The zero-order chi connectivity index (χ0) is 12.0. The molecule has 0 radical (unpaired) electrons. The van der Waals surface area contributed by atoms with Gasteiger partial charge in [-0.05, 0) is 38.8 Å². The summed E-state index contributed by atoms with van der Waals surface area (Å²) in [4.78, 5) is 2.27. The highest BCUT2D eigenvalue weighted by Gasteiger charge is 2.18. The van der Waals surface area contributed by atoms with E-state index in [0.717, 1.165) is 38.1 Å². The molecule has 1 heterocycles. The topological polar surface area (TPSA) is 24.5 Å². The van der Waals surface area contributed by atoms with Crippen LogP contribution in [-0.4, -0.2) is 51.3 Å². The van der Waals surface area contributed by atoms with Crippen molar-refractivity contribution in [2.45, 2.75) is 32.7 Å². The molecule has 2 atom stereocenters. The zero-order valence-corrected chi connectivity index (χ0v) is 11.3. The van der Waals surface area contributed by atoms with Crippen molar-refractivity contribution in [1.29, 1.82) is 0 Å². The van der Waals surface area contributed by atoms with E-state index in [4.69, 9.17) is 4.74 Å². The first-order chi connectivity index (χ1) is 7.58. The van der Waals surface area contributed by atoms with Crippen LogP contribution in [-0.2, 0) is 4.74 Å². The van der Waals surface area contributed by atoms with Gasteiger partial charge in [-0.2, -0.15) is 0 Å². The van der Waals surface area contributed by atoms with Gasteiger partial charge in [-0.25, -0.2) is 0 Å². The summed E-state index contributed by atoms with van der Waals surface area (Å²) < 4.78 is 5.40. The van der Waals surface area contributed by atoms with Gasteiger partial charge < -0.3 is 15.0 Å². The van der Waals surface area contributed by atoms with Gasteiger partial charge in [0.05, 0.1) is 6.61 Å². The van der Waals surface area contributed by atoms with Crippen LogP contribution in [0.1, 0.15) is 26.7 Å². The van der Waals surface area contributed by atoms with Gasteiger partial charge in [0.15, 0.2) is 0 Å². The lowest BCUT2D eigenvalue weighted by molar-refractivity contribution is 0.183. The number of rotatable bonds is 7. The molecule has 0 amide bonds. The van der Waals surface area contributed by atoms with E-state index in [0.29, 0.717) is 6.04 Å². The Morgan fingerprint density at radius 1 is 1.38 bits per heavy atom. The molecule has 1 aliphatic heterocycles. The van der Waals surface area contributed by atoms with Crippen molar-refractivity contribution >= 4 is 0 Å². The van der Waals surface area contributed by atoms with Crippen molar-refractivity contribution in [2.24, 2.45) is 11.8 Å². The highest BCUT2D eigenvalue weighted by Crippen LogP contribution is 2.12. The summed E-state index contributed by atoms with van der Waals surface area (Å²) in [5.74, 6) is 1.49. The first-order valence-electron chi connectivity index (χ1n) is 6.53. The van der Waals surface area contributed by atoms with E-state index in [1.54, 1.807) is 0 Å². The van der Waals surface area contributed by atoms with E-state index < -0.39 is 0 Å². The fraction of sp³-hybridized carbons (Fsp3) is 1.00. The maximum Gasteiger partial charge on any atom is 0.0507 e. The van der Waals surface area contributed by atoms with Crippen molar-refractivity contribution in [3.05, 3.63) is 0 Å². The lowest BCUT2D eigenvalue weighted by Crippen LogP contribution is -2.41. The minimum absolute atomic E-state index is 0.621. The molecule has 1 aliphatic rings. The van der Waals surface area contributed by atoms with Crippen LogP contribution in [0.25, 0.3) is 0 Å². The van der Waals surface area contributed by atoms with Crippen LogP contribution in [0.4, 0.5) is 0 Å². The molecule has 3 heteroatoms. The average molecular weight is 228 g/mol. The van der Waals surface area contributed by atoms with E-state index in [1.807, 2.05) is 0 Å². The van der Waals surface area contributed by atoms with Crippen molar-refractivity contribution in [1.82, 2.24) is 10.2 Å². The van der Waals surface area contributed by atoms with Gasteiger partial charge in [0, 0.05) is 25.7 Å². The second-order valence-corrected chi connectivity index (χ2v) is 5.73. The van der Waals surface area contributed by atoms with Crippen LogP contribution in [0.3, 0.4) is 0 Å². The molecule has 0 saturated carbocycles. The third-order valence-corrected chi connectivity index (χ3v) is 3.06. The lowest BCUT2D eigenvalue weighted by atomic mass is 10.0. The molecule has 1 rings (SSSR count). The molecule has 0 aliphatic carbocycles. The Labute approximate surface area is 101 Å². The average Bonchev–Trinajstić information content (AvgIpc) is 2.64. The fourth-order valence-electron chi connectivity index (χ4n) is 2.31.